The highest BCUT2D eigenvalue weighted by Crippen LogP contribution is 2.52. The first kappa shape index (κ1) is 16.5. The van der Waals surface area contributed by atoms with Crippen LogP contribution in [0.1, 0.15) is 27.2 Å². The summed E-state index contributed by atoms with van der Waals surface area (Å²) in [6.45, 7) is 7.84. The van der Waals surface area contributed by atoms with Gasteiger partial charge in [0.15, 0.2) is 0 Å². The normalized spacial score (nSPS) is 34.5. The van der Waals surface area contributed by atoms with Crippen molar-refractivity contribution in [1.29, 1.82) is 0 Å². The van der Waals surface area contributed by atoms with E-state index in [0.29, 0.717) is 26.3 Å². The minimum atomic E-state index is -0.641. The summed E-state index contributed by atoms with van der Waals surface area (Å²) in [5.41, 5.74) is -0.641. The maximum atomic E-state index is 12.8. The number of carbonyl (C=O) groups excluding carboxylic acids is 2. The Labute approximate surface area is 136 Å². The van der Waals surface area contributed by atoms with Crippen LogP contribution in [0.3, 0.4) is 0 Å². The second kappa shape index (κ2) is 6.24. The number of rotatable bonds is 7. The zero-order valence-corrected chi connectivity index (χ0v) is 14.0. The highest BCUT2D eigenvalue weighted by Gasteiger charge is 2.67. The number of hydrogen-bond acceptors (Lipinski definition) is 5. The molecule has 2 fully saturated rings. The summed E-state index contributed by atoms with van der Waals surface area (Å²) in [7, 11) is 0. The molecular weight excluding hydrogens is 298 g/mol. The summed E-state index contributed by atoms with van der Waals surface area (Å²) < 4.78 is 16.7. The van der Waals surface area contributed by atoms with Crippen LogP contribution in [0.5, 0.6) is 0 Å². The molecule has 0 aromatic carbocycles. The predicted octanol–water partition coefficient (Wildman–Crippen LogP) is 1.15. The Morgan fingerprint density at radius 1 is 1.52 bits per heavy atom. The molecule has 6 nitrogen and oxygen atoms in total. The molecule has 3 aliphatic rings. The van der Waals surface area contributed by atoms with E-state index in [-0.39, 0.29) is 24.1 Å². The Morgan fingerprint density at radius 2 is 2.30 bits per heavy atom. The van der Waals surface area contributed by atoms with Crippen LogP contribution in [0, 0.1) is 11.8 Å². The first-order chi connectivity index (χ1) is 11.0. The number of fused-ring (bicyclic) bond motifs is 1. The van der Waals surface area contributed by atoms with Crippen molar-refractivity contribution in [1.82, 2.24) is 4.90 Å². The van der Waals surface area contributed by atoms with E-state index in [1.54, 1.807) is 11.8 Å². The van der Waals surface area contributed by atoms with Gasteiger partial charge in [-0.25, -0.2) is 0 Å². The van der Waals surface area contributed by atoms with Crippen molar-refractivity contribution in [3.63, 3.8) is 0 Å². The number of ether oxygens (including phenoxy) is 3. The second-order valence-corrected chi connectivity index (χ2v) is 6.68. The SMILES string of the molecule is CCOC(=O)[C@@H]1[C@@H]2C=C[C@]3(CN(CCCOC(C)C)C(=O)[C@H]13)O2. The van der Waals surface area contributed by atoms with E-state index in [1.165, 1.54) is 0 Å². The lowest BCUT2D eigenvalue weighted by molar-refractivity contribution is -0.153. The molecule has 3 rings (SSSR count). The molecule has 1 spiro atoms. The Hall–Kier alpha value is -1.40. The van der Waals surface area contributed by atoms with Gasteiger partial charge in [0, 0.05) is 13.2 Å². The fourth-order valence-corrected chi connectivity index (χ4v) is 3.85. The van der Waals surface area contributed by atoms with Crippen LogP contribution in [-0.2, 0) is 23.8 Å². The fraction of sp³-hybridized carbons (Fsp3) is 0.765. The lowest BCUT2D eigenvalue weighted by atomic mass is 9.77. The van der Waals surface area contributed by atoms with Gasteiger partial charge in [-0.15, -0.1) is 0 Å². The molecule has 0 N–H and O–H groups in total. The van der Waals surface area contributed by atoms with Crippen molar-refractivity contribution >= 4 is 11.9 Å². The molecule has 0 aliphatic carbocycles. The number of amides is 1. The fourth-order valence-electron chi connectivity index (χ4n) is 3.85. The molecule has 0 saturated carbocycles. The second-order valence-electron chi connectivity index (χ2n) is 6.68. The quantitative estimate of drug-likeness (QED) is 0.399. The maximum absolute atomic E-state index is 12.8. The van der Waals surface area contributed by atoms with Crippen molar-refractivity contribution in [3.05, 3.63) is 12.2 Å². The summed E-state index contributed by atoms with van der Waals surface area (Å²) in [5.74, 6) is -1.28. The Balaban J connectivity index is 1.66. The average Bonchev–Trinajstić information content (AvgIpc) is 3.12. The van der Waals surface area contributed by atoms with Gasteiger partial charge >= 0.3 is 5.97 Å². The van der Waals surface area contributed by atoms with E-state index in [1.807, 2.05) is 26.0 Å². The zero-order valence-electron chi connectivity index (χ0n) is 14.0. The van der Waals surface area contributed by atoms with Crippen molar-refractivity contribution in [2.45, 2.75) is 45.0 Å². The molecular formula is C17H25NO5. The molecule has 3 heterocycles. The molecule has 2 saturated heterocycles. The minimum Gasteiger partial charge on any atom is -0.466 e. The van der Waals surface area contributed by atoms with Crippen LogP contribution >= 0.6 is 0 Å². The van der Waals surface area contributed by atoms with Gasteiger partial charge in [0.05, 0.1) is 31.3 Å². The van der Waals surface area contributed by atoms with Gasteiger partial charge in [-0.05, 0) is 27.2 Å². The Kier molecular flexibility index (Phi) is 4.47. The number of carbonyl (C=O) groups is 2. The average molecular weight is 323 g/mol. The summed E-state index contributed by atoms with van der Waals surface area (Å²) in [6.07, 6.45) is 4.51. The van der Waals surface area contributed by atoms with Crippen LogP contribution < -0.4 is 0 Å². The molecule has 0 aromatic rings. The molecule has 1 amide bonds. The van der Waals surface area contributed by atoms with E-state index in [2.05, 4.69) is 0 Å². The molecule has 2 bridgehead atoms. The first-order valence-electron chi connectivity index (χ1n) is 8.42. The van der Waals surface area contributed by atoms with E-state index in [0.717, 1.165) is 6.42 Å². The van der Waals surface area contributed by atoms with Crippen molar-refractivity contribution in [3.8, 4) is 0 Å². The minimum absolute atomic E-state index is 0.000509. The van der Waals surface area contributed by atoms with Crippen LogP contribution in [0.2, 0.25) is 0 Å². The maximum Gasteiger partial charge on any atom is 0.312 e. The first-order valence-corrected chi connectivity index (χ1v) is 8.42. The Morgan fingerprint density at radius 3 is 3.00 bits per heavy atom. The van der Waals surface area contributed by atoms with Crippen LogP contribution in [0.25, 0.3) is 0 Å². The van der Waals surface area contributed by atoms with Gasteiger partial charge in [-0.3, -0.25) is 9.59 Å². The number of likely N-dealkylation sites (tertiary alicyclic amines) is 1. The molecule has 0 radical (unpaired) electrons. The van der Waals surface area contributed by atoms with Crippen LogP contribution in [0.15, 0.2) is 12.2 Å². The third-order valence-electron chi connectivity index (χ3n) is 4.76. The number of esters is 1. The largest absolute Gasteiger partial charge is 0.466 e. The summed E-state index contributed by atoms with van der Waals surface area (Å²) in [5, 5.41) is 0. The smallest absolute Gasteiger partial charge is 0.312 e. The molecule has 23 heavy (non-hydrogen) atoms. The summed E-state index contributed by atoms with van der Waals surface area (Å²) in [4.78, 5) is 26.8. The lowest BCUT2D eigenvalue weighted by Crippen LogP contribution is -2.40. The topological polar surface area (TPSA) is 65.1 Å². The third kappa shape index (κ3) is 2.78. The van der Waals surface area contributed by atoms with Gasteiger partial charge < -0.3 is 19.1 Å². The van der Waals surface area contributed by atoms with Crippen LogP contribution in [-0.4, -0.2) is 60.9 Å². The molecule has 0 unspecified atom stereocenters. The third-order valence-corrected chi connectivity index (χ3v) is 4.76. The van der Waals surface area contributed by atoms with Gasteiger partial charge in [0.2, 0.25) is 5.91 Å². The molecule has 4 atom stereocenters. The highest BCUT2D eigenvalue weighted by atomic mass is 16.6. The summed E-state index contributed by atoms with van der Waals surface area (Å²) >= 11 is 0. The van der Waals surface area contributed by atoms with Crippen LogP contribution in [0.4, 0.5) is 0 Å². The van der Waals surface area contributed by atoms with Gasteiger partial charge in [-0.2, -0.15) is 0 Å². The number of nitrogens with zero attached hydrogens (tertiary/aromatic N) is 1. The zero-order chi connectivity index (χ0) is 16.6. The van der Waals surface area contributed by atoms with E-state index < -0.39 is 17.4 Å². The standard InChI is InChI=1S/C17H25NO5/c1-4-21-16(20)13-12-6-7-17(23-12)10-18(15(19)14(13)17)8-5-9-22-11(2)3/h6-7,11-14H,4-5,8-10H2,1-3H3/t12-,13+,14-,17+/m0/s1. The van der Waals surface area contributed by atoms with E-state index >= 15 is 0 Å². The van der Waals surface area contributed by atoms with Gasteiger partial charge in [-0.1, -0.05) is 12.2 Å². The van der Waals surface area contributed by atoms with Gasteiger partial charge in [0.25, 0.3) is 0 Å². The number of hydrogen-bond donors (Lipinski definition) is 0. The lowest BCUT2D eigenvalue weighted by Gasteiger charge is -2.22. The predicted molar refractivity (Wildman–Crippen MR) is 82.6 cm³/mol. The monoisotopic (exact) mass is 323 g/mol. The summed E-state index contributed by atoms with van der Waals surface area (Å²) in [6, 6.07) is 0. The molecule has 128 valence electrons. The van der Waals surface area contributed by atoms with E-state index in [9.17, 15) is 9.59 Å². The highest BCUT2D eigenvalue weighted by molar-refractivity contribution is 5.91. The van der Waals surface area contributed by atoms with Crippen molar-refractivity contribution < 1.29 is 23.8 Å². The molecule has 0 aromatic heterocycles. The molecule has 6 heteroatoms. The van der Waals surface area contributed by atoms with Crippen molar-refractivity contribution in [2.24, 2.45) is 11.8 Å². The van der Waals surface area contributed by atoms with Crippen molar-refractivity contribution in [2.75, 3.05) is 26.3 Å². The van der Waals surface area contributed by atoms with Gasteiger partial charge in [0.1, 0.15) is 11.5 Å². The Bertz CT molecular complexity index is 517. The van der Waals surface area contributed by atoms with E-state index in [4.69, 9.17) is 14.2 Å². The molecule has 3 aliphatic heterocycles.